The molecular weight excluding hydrogens is 178 g/mol. The molecule has 0 spiro atoms. The summed E-state index contributed by atoms with van der Waals surface area (Å²) in [4.78, 5) is 2.30. The van der Waals surface area contributed by atoms with Gasteiger partial charge >= 0.3 is 0 Å². The minimum absolute atomic E-state index is 1.07. The van der Waals surface area contributed by atoms with Gasteiger partial charge < -0.3 is 4.90 Å². The molecule has 0 amide bonds. The molecule has 1 saturated heterocycles. The van der Waals surface area contributed by atoms with E-state index in [0.717, 1.165) is 18.2 Å². The predicted molar refractivity (Wildman–Crippen MR) is 49.4 cm³/mol. The fourth-order valence-electron chi connectivity index (χ4n) is 1.06. The van der Waals surface area contributed by atoms with E-state index in [2.05, 4.69) is 15.1 Å². The van der Waals surface area contributed by atoms with Crippen LogP contribution < -0.4 is 4.90 Å². The Bertz CT molecular complexity index is 206. The molecule has 0 saturated carbocycles. The van der Waals surface area contributed by atoms with Crippen LogP contribution in [0, 0.1) is 0 Å². The van der Waals surface area contributed by atoms with E-state index in [-0.39, 0.29) is 0 Å². The van der Waals surface area contributed by atoms with Gasteiger partial charge in [-0.1, -0.05) is 11.3 Å². The molecule has 1 aliphatic rings. The van der Waals surface area contributed by atoms with Gasteiger partial charge in [-0.15, -0.1) is 10.2 Å². The van der Waals surface area contributed by atoms with Crippen LogP contribution in [-0.2, 0) is 0 Å². The lowest BCUT2D eigenvalue weighted by atomic mass is 10.5. The average molecular weight is 187 g/mol. The Morgan fingerprint density at radius 2 is 2.18 bits per heavy atom. The summed E-state index contributed by atoms with van der Waals surface area (Å²) < 4.78 is 0. The molecule has 1 fully saturated rings. The zero-order valence-electron chi connectivity index (χ0n) is 6.06. The Kier molecular flexibility index (Phi) is 2.28. The van der Waals surface area contributed by atoms with Gasteiger partial charge in [0.05, 0.1) is 0 Å². The number of aromatic nitrogens is 2. The normalized spacial score (nSPS) is 18.7. The fourth-order valence-corrected chi connectivity index (χ4v) is 2.58. The van der Waals surface area contributed by atoms with Crippen molar-refractivity contribution in [3.63, 3.8) is 0 Å². The maximum absolute atomic E-state index is 4.03. The second-order valence-corrected chi connectivity index (χ2v) is 4.36. The first-order valence-electron chi connectivity index (χ1n) is 3.56. The molecule has 0 atom stereocenters. The molecule has 1 aliphatic heterocycles. The molecule has 2 rings (SSSR count). The first kappa shape index (κ1) is 7.36. The second-order valence-electron chi connectivity index (χ2n) is 2.32. The maximum atomic E-state index is 4.03. The Hall–Kier alpha value is -0.290. The molecule has 11 heavy (non-hydrogen) atoms. The lowest BCUT2D eigenvalue weighted by Gasteiger charge is -2.24. The average Bonchev–Trinajstić information content (AvgIpc) is 2.58. The molecule has 1 aromatic heterocycles. The van der Waals surface area contributed by atoms with Crippen molar-refractivity contribution in [1.29, 1.82) is 0 Å². The van der Waals surface area contributed by atoms with Gasteiger partial charge in [-0.05, 0) is 0 Å². The van der Waals surface area contributed by atoms with Gasteiger partial charge in [0, 0.05) is 24.6 Å². The molecule has 0 aromatic carbocycles. The van der Waals surface area contributed by atoms with Crippen LogP contribution in [0.25, 0.3) is 0 Å². The predicted octanol–water partition coefficient (Wildman–Crippen LogP) is 1.09. The molecule has 0 aliphatic carbocycles. The number of hydrogen-bond acceptors (Lipinski definition) is 5. The third-order valence-electron chi connectivity index (χ3n) is 1.63. The number of rotatable bonds is 1. The molecule has 5 heteroatoms. The highest BCUT2D eigenvalue weighted by atomic mass is 32.2. The molecule has 3 nitrogen and oxygen atoms in total. The van der Waals surface area contributed by atoms with Crippen LogP contribution in [0.1, 0.15) is 0 Å². The summed E-state index contributed by atoms with van der Waals surface area (Å²) >= 11 is 3.63. The smallest absolute Gasteiger partial charge is 0.208 e. The van der Waals surface area contributed by atoms with Crippen molar-refractivity contribution in [3.05, 3.63) is 5.51 Å². The first-order chi connectivity index (χ1) is 5.47. The standard InChI is InChI=1S/C6H9N3S2/c1-3-10-4-2-9(1)6-8-7-5-11-6/h5H,1-4H2. The highest BCUT2D eigenvalue weighted by Crippen LogP contribution is 2.19. The van der Waals surface area contributed by atoms with Crippen LogP contribution in [0.4, 0.5) is 5.13 Å². The van der Waals surface area contributed by atoms with Crippen molar-refractivity contribution < 1.29 is 0 Å². The summed E-state index contributed by atoms with van der Waals surface area (Å²) in [6.45, 7) is 2.25. The molecule has 0 bridgehead atoms. The molecule has 0 N–H and O–H groups in total. The van der Waals surface area contributed by atoms with Crippen LogP contribution in [0.2, 0.25) is 0 Å². The van der Waals surface area contributed by atoms with Crippen molar-refractivity contribution in [3.8, 4) is 0 Å². The van der Waals surface area contributed by atoms with Crippen LogP contribution in [0.15, 0.2) is 5.51 Å². The molecule has 2 heterocycles. The van der Waals surface area contributed by atoms with Gasteiger partial charge in [0.1, 0.15) is 5.51 Å². The van der Waals surface area contributed by atoms with Crippen molar-refractivity contribution in [2.24, 2.45) is 0 Å². The third-order valence-corrected chi connectivity index (χ3v) is 3.32. The van der Waals surface area contributed by atoms with E-state index in [1.807, 2.05) is 11.8 Å². The van der Waals surface area contributed by atoms with E-state index < -0.39 is 0 Å². The van der Waals surface area contributed by atoms with E-state index in [1.54, 1.807) is 16.8 Å². The Labute approximate surface area is 73.8 Å². The summed E-state index contributed by atoms with van der Waals surface area (Å²) in [5.41, 5.74) is 1.79. The zero-order chi connectivity index (χ0) is 7.52. The number of thioether (sulfide) groups is 1. The van der Waals surface area contributed by atoms with Gasteiger partial charge in [-0.2, -0.15) is 11.8 Å². The van der Waals surface area contributed by atoms with Gasteiger partial charge in [0.25, 0.3) is 0 Å². The Morgan fingerprint density at radius 1 is 1.36 bits per heavy atom. The van der Waals surface area contributed by atoms with Crippen LogP contribution >= 0.6 is 23.1 Å². The van der Waals surface area contributed by atoms with Crippen molar-refractivity contribution in [2.75, 3.05) is 29.5 Å². The molecule has 0 radical (unpaired) electrons. The van der Waals surface area contributed by atoms with Gasteiger partial charge in [0.15, 0.2) is 0 Å². The molecular formula is C6H9N3S2. The largest absolute Gasteiger partial charge is 0.345 e. The zero-order valence-corrected chi connectivity index (χ0v) is 7.70. The first-order valence-corrected chi connectivity index (χ1v) is 5.59. The highest BCUT2D eigenvalue weighted by molar-refractivity contribution is 7.99. The van der Waals surface area contributed by atoms with E-state index in [4.69, 9.17) is 0 Å². The molecule has 1 aromatic rings. The summed E-state index contributed by atoms with van der Waals surface area (Å²) in [5, 5.41) is 8.92. The van der Waals surface area contributed by atoms with E-state index >= 15 is 0 Å². The van der Waals surface area contributed by atoms with Crippen LogP contribution in [0.3, 0.4) is 0 Å². The SMILES string of the molecule is c1nnc(N2CCSCC2)s1. The lowest BCUT2D eigenvalue weighted by Crippen LogP contribution is -2.32. The topological polar surface area (TPSA) is 29.0 Å². The van der Waals surface area contributed by atoms with Gasteiger partial charge in [0.2, 0.25) is 5.13 Å². The van der Waals surface area contributed by atoms with E-state index in [0.29, 0.717) is 0 Å². The fraction of sp³-hybridized carbons (Fsp3) is 0.667. The number of hydrogen-bond donors (Lipinski definition) is 0. The third kappa shape index (κ3) is 1.65. The van der Waals surface area contributed by atoms with E-state index in [1.165, 1.54) is 11.5 Å². The lowest BCUT2D eigenvalue weighted by molar-refractivity contribution is 0.839. The Morgan fingerprint density at radius 3 is 2.82 bits per heavy atom. The summed E-state index contributed by atoms with van der Waals surface area (Å²) in [6, 6.07) is 0. The second kappa shape index (κ2) is 3.40. The number of nitrogens with zero attached hydrogens (tertiary/aromatic N) is 3. The van der Waals surface area contributed by atoms with Crippen LogP contribution in [0.5, 0.6) is 0 Å². The maximum Gasteiger partial charge on any atom is 0.208 e. The van der Waals surface area contributed by atoms with E-state index in [9.17, 15) is 0 Å². The summed E-state index contributed by atoms with van der Waals surface area (Å²) in [5.74, 6) is 2.44. The monoisotopic (exact) mass is 187 g/mol. The minimum atomic E-state index is 1.07. The summed E-state index contributed by atoms with van der Waals surface area (Å²) in [7, 11) is 0. The highest BCUT2D eigenvalue weighted by Gasteiger charge is 2.12. The molecule has 0 unspecified atom stereocenters. The van der Waals surface area contributed by atoms with Crippen molar-refractivity contribution >= 4 is 28.2 Å². The van der Waals surface area contributed by atoms with Crippen molar-refractivity contribution in [2.45, 2.75) is 0 Å². The summed E-state index contributed by atoms with van der Waals surface area (Å²) in [6.07, 6.45) is 0. The van der Waals surface area contributed by atoms with Gasteiger partial charge in [-0.25, -0.2) is 0 Å². The quantitative estimate of drug-likeness (QED) is 0.658. The Balaban J connectivity index is 2.04. The molecule has 60 valence electrons. The number of anilines is 1. The minimum Gasteiger partial charge on any atom is -0.345 e. The van der Waals surface area contributed by atoms with Crippen LogP contribution in [-0.4, -0.2) is 34.8 Å². The van der Waals surface area contributed by atoms with Crippen molar-refractivity contribution in [1.82, 2.24) is 10.2 Å². The van der Waals surface area contributed by atoms with Gasteiger partial charge in [-0.3, -0.25) is 0 Å².